The summed E-state index contributed by atoms with van der Waals surface area (Å²) in [6.07, 6.45) is 1.22. The fourth-order valence-corrected chi connectivity index (χ4v) is 2.61. The molecule has 1 N–H and O–H groups in total. The first kappa shape index (κ1) is 13.5. The highest BCUT2D eigenvalue weighted by Gasteiger charge is 2.19. The van der Waals surface area contributed by atoms with Gasteiger partial charge >= 0.3 is 0 Å². The van der Waals surface area contributed by atoms with Gasteiger partial charge in [0.25, 0.3) is 0 Å². The molecule has 0 aliphatic carbocycles. The fraction of sp³-hybridized carbons (Fsp3) is 0.600. The first-order valence-corrected chi connectivity index (χ1v) is 6.83. The van der Waals surface area contributed by atoms with Crippen LogP contribution in [0.15, 0.2) is 24.3 Å². The van der Waals surface area contributed by atoms with Gasteiger partial charge in [0.2, 0.25) is 0 Å². The second-order valence-electron chi connectivity index (χ2n) is 5.64. The van der Waals surface area contributed by atoms with Crippen molar-refractivity contribution >= 4 is 0 Å². The van der Waals surface area contributed by atoms with Gasteiger partial charge < -0.3 is 5.32 Å². The number of hydrogen-bond donors (Lipinski definition) is 1. The van der Waals surface area contributed by atoms with Crippen molar-refractivity contribution in [3.63, 3.8) is 0 Å². The average molecular weight is 250 g/mol. The highest BCUT2D eigenvalue weighted by atomic mass is 19.1. The monoisotopic (exact) mass is 250 g/mol. The lowest BCUT2D eigenvalue weighted by Crippen LogP contribution is -2.50. The standard InChI is InChI=1S/C15H23FN2/c1-12(2)9-15-11-18(8-7-17-15)10-13-3-5-14(16)6-4-13/h3-6,12,15,17H,7-11H2,1-2H3. The van der Waals surface area contributed by atoms with Gasteiger partial charge in [0, 0.05) is 32.2 Å². The molecule has 1 aliphatic rings. The first-order chi connectivity index (χ1) is 8.63. The zero-order chi connectivity index (χ0) is 13.0. The van der Waals surface area contributed by atoms with E-state index in [2.05, 4.69) is 24.1 Å². The van der Waals surface area contributed by atoms with Crippen LogP contribution in [-0.2, 0) is 6.54 Å². The zero-order valence-corrected chi connectivity index (χ0v) is 11.3. The molecule has 0 aromatic heterocycles. The van der Waals surface area contributed by atoms with E-state index in [1.54, 1.807) is 12.1 Å². The Morgan fingerprint density at radius 2 is 2.06 bits per heavy atom. The summed E-state index contributed by atoms with van der Waals surface area (Å²) in [4.78, 5) is 2.46. The molecule has 1 aliphatic heterocycles. The molecule has 3 heteroatoms. The minimum atomic E-state index is -0.156. The van der Waals surface area contributed by atoms with E-state index in [1.165, 1.54) is 12.0 Å². The predicted octanol–water partition coefficient (Wildman–Crippen LogP) is 2.65. The van der Waals surface area contributed by atoms with E-state index in [9.17, 15) is 4.39 Å². The number of nitrogens with one attached hydrogen (secondary N) is 1. The molecule has 0 bridgehead atoms. The SMILES string of the molecule is CC(C)CC1CN(Cc2ccc(F)cc2)CCN1. The van der Waals surface area contributed by atoms with Gasteiger partial charge in [-0.1, -0.05) is 26.0 Å². The quantitative estimate of drug-likeness (QED) is 0.883. The van der Waals surface area contributed by atoms with Crippen molar-refractivity contribution in [1.82, 2.24) is 10.2 Å². The summed E-state index contributed by atoms with van der Waals surface area (Å²) in [6.45, 7) is 8.68. The third kappa shape index (κ3) is 4.07. The lowest BCUT2D eigenvalue weighted by atomic mass is 10.0. The molecule has 100 valence electrons. The Labute approximate surface area is 109 Å². The molecule has 0 spiro atoms. The summed E-state index contributed by atoms with van der Waals surface area (Å²) >= 11 is 0. The molecule has 0 amide bonds. The van der Waals surface area contributed by atoms with Gasteiger partial charge in [0.05, 0.1) is 0 Å². The van der Waals surface area contributed by atoms with Crippen LogP contribution in [0.2, 0.25) is 0 Å². The molecule has 1 unspecified atom stereocenters. The number of nitrogens with zero attached hydrogens (tertiary/aromatic N) is 1. The van der Waals surface area contributed by atoms with Crippen molar-refractivity contribution in [2.24, 2.45) is 5.92 Å². The molecular formula is C15H23FN2. The van der Waals surface area contributed by atoms with Crippen LogP contribution in [0.25, 0.3) is 0 Å². The molecule has 2 nitrogen and oxygen atoms in total. The maximum absolute atomic E-state index is 12.8. The number of hydrogen-bond acceptors (Lipinski definition) is 2. The largest absolute Gasteiger partial charge is 0.311 e. The Hall–Kier alpha value is -0.930. The van der Waals surface area contributed by atoms with Crippen molar-refractivity contribution < 1.29 is 4.39 Å². The van der Waals surface area contributed by atoms with Crippen molar-refractivity contribution in [3.05, 3.63) is 35.6 Å². The molecule has 1 saturated heterocycles. The minimum Gasteiger partial charge on any atom is -0.311 e. The van der Waals surface area contributed by atoms with E-state index in [0.717, 1.165) is 32.1 Å². The van der Waals surface area contributed by atoms with Crippen molar-refractivity contribution in [1.29, 1.82) is 0 Å². The third-order valence-electron chi connectivity index (χ3n) is 3.41. The van der Waals surface area contributed by atoms with Crippen LogP contribution in [0.1, 0.15) is 25.8 Å². The van der Waals surface area contributed by atoms with Gasteiger partial charge in [-0.15, -0.1) is 0 Å². The van der Waals surface area contributed by atoms with E-state index >= 15 is 0 Å². The van der Waals surface area contributed by atoms with Crippen LogP contribution in [0, 0.1) is 11.7 Å². The molecule has 1 aromatic carbocycles. The van der Waals surface area contributed by atoms with E-state index in [4.69, 9.17) is 0 Å². The number of halogens is 1. The van der Waals surface area contributed by atoms with E-state index < -0.39 is 0 Å². The van der Waals surface area contributed by atoms with Crippen LogP contribution in [0.4, 0.5) is 4.39 Å². The fourth-order valence-electron chi connectivity index (χ4n) is 2.61. The van der Waals surface area contributed by atoms with Gasteiger partial charge in [0.15, 0.2) is 0 Å². The summed E-state index contributed by atoms with van der Waals surface area (Å²) < 4.78 is 12.8. The summed E-state index contributed by atoms with van der Waals surface area (Å²) in [6, 6.07) is 7.45. The molecule has 0 radical (unpaired) electrons. The number of piperazine rings is 1. The first-order valence-electron chi connectivity index (χ1n) is 6.83. The second-order valence-corrected chi connectivity index (χ2v) is 5.64. The van der Waals surface area contributed by atoms with Crippen molar-refractivity contribution in [3.8, 4) is 0 Å². The normalized spacial score (nSPS) is 21.4. The van der Waals surface area contributed by atoms with Gasteiger partial charge in [-0.25, -0.2) is 4.39 Å². The van der Waals surface area contributed by atoms with E-state index in [1.807, 2.05) is 12.1 Å². The predicted molar refractivity (Wildman–Crippen MR) is 72.9 cm³/mol. The Morgan fingerprint density at radius 1 is 1.33 bits per heavy atom. The van der Waals surface area contributed by atoms with Crippen LogP contribution >= 0.6 is 0 Å². The van der Waals surface area contributed by atoms with Gasteiger partial charge in [-0.3, -0.25) is 4.90 Å². The molecule has 2 rings (SSSR count). The van der Waals surface area contributed by atoms with Gasteiger partial charge in [-0.05, 0) is 30.0 Å². The maximum atomic E-state index is 12.8. The van der Waals surface area contributed by atoms with Crippen LogP contribution in [-0.4, -0.2) is 30.6 Å². The van der Waals surface area contributed by atoms with Crippen LogP contribution < -0.4 is 5.32 Å². The van der Waals surface area contributed by atoms with Crippen molar-refractivity contribution in [2.45, 2.75) is 32.9 Å². The Kier molecular flexibility index (Phi) is 4.72. The molecule has 1 atom stereocenters. The van der Waals surface area contributed by atoms with Crippen molar-refractivity contribution in [2.75, 3.05) is 19.6 Å². The van der Waals surface area contributed by atoms with E-state index in [-0.39, 0.29) is 5.82 Å². The van der Waals surface area contributed by atoms with E-state index in [0.29, 0.717) is 6.04 Å². The third-order valence-corrected chi connectivity index (χ3v) is 3.41. The molecule has 0 saturated carbocycles. The molecule has 1 heterocycles. The number of benzene rings is 1. The minimum absolute atomic E-state index is 0.156. The molecule has 1 fully saturated rings. The Morgan fingerprint density at radius 3 is 2.72 bits per heavy atom. The Balaban J connectivity index is 1.87. The highest BCUT2D eigenvalue weighted by Crippen LogP contribution is 2.12. The average Bonchev–Trinajstić information content (AvgIpc) is 2.32. The zero-order valence-electron chi connectivity index (χ0n) is 11.3. The van der Waals surface area contributed by atoms with Gasteiger partial charge in [0.1, 0.15) is 5.82 Å². The van der Waals surface area contributed by atoms with Gasteiger partial charge in [-0.2, -0.15) is 0 Å². The Bertz CT molecular complexity index is 361. The lowest BCUT2D eigenvalue weighted by Gasteiger charge is -2.34. The summed E-state index contributed by atoms with van der Waals surface area (Å²) in [5, 5.41) is 3.57. The molecule has 1 aromatic rings. The van der Waals surface area contributed by atoms with Crippen LogP contribution in [0.5, 0.6) is 0 Å². The summed E-state index contributed by atoms with van der Waals surface area (Å²) in [5.41, 5.74) is 1.20. The topological polar surface area (TPSA) is 15.3 Å². The molecular weight excluding hydrogens is 227 g/mol. The summed E-state index contributed by atoms with van der Waals surface area (Å²) in [5.74, 6) is 0.574. The maximum Gasteiger partial charge on any atom is 0.123 e. The summed E-state index contributed by atoms with van der Waals surface area (Å²) in [7, 11) is 0. The lowest BCUT2D eigenvalue weighted by molar-refractivity contribution is 0.179. The highest BCUT2D eigenvalue weighted by molar-refractivity contribution is 5.16. The van der Waals surface area contributed by atoms with Crippen LogP contribution in [0.3, 0.4) is 0 Å². The second kappa shape index (κ2) is 6.30. The number of rotatable bonds is 4. The molecule has 18 heavy (non-hydrogen) atoms. The smallest absolute Gasteiger partial charge is 0.123 e.